The average Bonchev–Trinajstić information content (AvgIpc) is 2.90. The van der Waals surface area contributed by atoms with Gasteiger partial charge in [0.25, 0.3) is 0 Å². The number of ether oxygens (including phenoxy) is 1. The molecule has 3 rings (SSSR count). The lowest BCUT2D eigenvalue weighted by Crippen LogP contribution is -2.34. The Morgan fingerprint density at radius 3 is 2.62 bits per heavy atom. The molecule has 0 bridgehead atoms. The highest BCUT2D eigenvalue weighted by molar-refractivity contribution is 5.89. The molecule has 0 aliphatic rings. The average molecular weight is 327 g/mol. The first-order valence-electron chi connectivity index (χ1n) is 7.44. The Morgan fingerprint density at radius 1 is 1.17 bits per heavy atom. The van der Waals surface area contributed by atoms with E-state index in [4.69, 9.17) is 4.74 Å². The fourth-order valence-corrected chi connectivity index (χ4v) is 2.16. The summed E-state index contributed by atoms with van der Waals surface area (Å²) in [5.41, 5.74) is 1.24. The highest BCUT2D eigenvalue weighted by atomic mass is 16.5. The fraction of sp³-hybridized carbons (Fsp3) is 0.188. The van der Waals surface area contributed by atoms with E-state index in [1.165, 1.54) is 0 Å². The standard InChI is InChI=1S/C16H17N5O3/c1-9(2)18-15(22)19-10-3-5-11(6-4-10)24-12-7-8-17-14-13(12)20-16(23)21-14/h3-9H,1-2H3,(H2,18,19,22)(H2,17,20,21,23). The van der Waals surface area contributed by atoms with Crippen LogP contribution in [-0.2, 0) is 0 Å². The van der Waals surface area contributed by atoms with Gasteiger partial charge in [0.1, 0.15) is 11.3 Å². The second-order valence-corrected chi connectivity index (χ2v) is 5.49. The minimum absolute atomic E-state index is 0.0604. The third-order valence-electron chi connectivity index (χ3n) is 3.14. The lowest BCUT2D eigenvalue weighted by molar-refractivity contribution is 0.250. The number of hydrogen-bond donors (Lipinski definition) is 4. The maximum Gasteiger partial charge on any atom is 0.325 e. The van der Waals surface area contributed by atoms with Gasteiger partial charge in [-0.1, -0.05) is 0 Å². The number of amides is 2. The summed E-state index contributed by atoms with van der Waals surface area (Å²) in [7, 11) is 0. The van der Waals surface area contributed by atoms with Crippen molar-refractivity contribution in [2.24, 2.45) is 0 Å². The van der Waals surface area contributed by atoms with Crippen molar-refractivity contribution >= 4 is 22.9 Å². The molecule has 0 radical (unpaired) electrons. The van der Waals surface area contributed by atoms with Crippen molar-refractivity contribution in [3.8, 4) is 11.5 Å². The zero-order valence-electron chi connectivity index (χ0n) is 13.2. The molecule has 1 aromatic carbocycles. The summed E-state index contributed by atoms with van der Waals surface area (Å²) in [5, 5.41) is 5.47. The van der Waals surface area contributed by atoms with E-state index in [0.29, 0.717) is 28.4 Å². The van der Waals surface area contributed by atoms with E-state index >= 15 is 0 Å². The molecular formula is C16H17N5O3. The number of carbonyl (C=O) groups excluding carboxylic acids is 1. The number of urea groups is 1. The van der Waals surface area contributed by atoms with Crippen LogP contribution in [0.2, 0.25) is 0 Å². The number of aromatic amines is 2. The number of hydrogen-bond acceptors (Lipinski definition) is 4. The monoisotopic (exact) mass is 327 g/mol. The van der Waals surface area contributed by atoms with Gasteiger partial charge in [0, 0.05) is 24.0 Å². The van der Waals surface area contributed by atoms with Crippen molar-refractivity contribution < 1.29 is 9.53 Å². The summed E-state index contributed by atoms with van der Waals surface area (Å²) in [6.45, 7) is 3.77. The Labute approximate surface area is 137 Å². The summed E-state index contributed by atoms with van der Waals surface area (Å²) in [4.78, 5) is 32.3. The Bertz CT molecular complexity index is 911. The maximum absolute atomic E-state index is 11.6. The molecule has 0 atom stereocenters. The van der Waals surface area contributed by atoms with Crippen molar-refractivity contribution in [1.82, 2.24) is 20.3 Å². The van der Waals surface area contributed by atoms with Gasteiger partial charge in [-0.05, 0) is 38.1 Å². The van der Waals surface area contributed by atoms with Crippen molar-refractivity contribution in [2.75, 3.05) is 5.32 Å². The number of nitrogens with one attached hydrogen (secondary N) is 4. The maximum atomic E-state index is 11.6. The SMILES string of the molecule is CC(C)NC(=O)Nc1ccc(Oc2ccnc3[nH]c(=O)[nH]c23)cc1. The van der Waals surface area contributed by atoms with Gasteiger partial charge >= 0.3 is 11.7 Å². The Hall–Kier alpha value is -3.29. The Kier molecular flexibility index (Phi) is 4.19. The van der Waals surface area contributed by atoms with Crippen molar-refractivity contribution in [3.63, 3.8) is 0 Å². The third kappa shape index (κ3) is 3.54. The largest absolute Gasteiger partial charge is 0.455 e. The molecule has 2 aromatic heterocycles. The molecule has 0 saturated heterocycles. The molecule has 0 unspecified atom stereocenters. The van der Waals surface area contributed by atoms with Gasteiger partial charge in [-0.15, -0.1) is 0 Å². The molecule has 8 heteroatoms. The number of imidazole rings is 1. The molecule has 0 aliphatic carbocycles. The molecular weight excluding hydrogens is 310 g/mol. The number of fused-ring (bicyclic) bond motifs is 1. The second kappa shape index (κ2) is 6.45. The van der Waals surface area contributed by atoms with Crippen LogP contribution in [0.15, 0.2) is 41.3 Å². The van der Waals surface area contributed by atoms with Crippen LogP contribution < -0.4 is 21.1 Å². The number of aromatic nitrogens is 3. The zero-order valence-corrected chi connectivity index (χ0v) is 13.2. The molecule has 8 nitrogen and oxygen atoms in total. The molecule has 2 heterocycles. The van der Waals surface area contributed by atoms with Crippen LogP contribution in [-0.4, -0.2) is 27.0 Å². The number of pyridine rings is 1. The van der Waals surface area contributed by atoms with Crippen LogP contribution in [0.25, 0.3) is 11.2 Å². The van der Waals surface area contributed by atoms with Gasteiger partial charge in [-0.2, -0.15) is 0 Å². The summed E-state index contributed by atoms with van der Waals surface area (Å²) in [6.07, 6.45) is 1.55. The molecule has 0 fully saturated rings. The number of H-pyrrole nitrogens is 2. The van der Waals surface area contributed by atoms with E-state index in [-0.39, 0.29) is 17.8 Å². The second-order valence-electron chi connectivity index (χ2n) is 5.49. The number of nitrogens with zero attached hydrogens (tertiary/aromatic N) is 1. The van der Waals surface area contributed by atoms with Gasteiger partial charge in [-0.3, -0.25) is 4.98 Å². The van der Waals surface area contributed by atoms with E-state index < -0.39 is 0 Å². The van der Waals surface area contributed by atoms with Crippen LogP contribution in [0.3, 0.4) is 0 Å². The van der Waals surface area contributed by atoms with Crippen LogP contribution in [0, 0.1) is 0 Å². The van der Waals surface area contributed by atoms with Crippen molar-refractivity contribution in [1.29, 1.82) is 0 Å². The predicted molar refractivity (Wildman–Crippen MR) is 90.5 cm³/mol. The first-order chi connectivity index (χ1) is 11.5. The number of benzene rings is 1. The quantitative estimate of drug-likeness (QED) is 0.590. The minimum atomic E-state index is -0.343. The van der Waals surface area contributed by atoms with Crippen molar-refractivity contribution in [2.45, 2.75) is 19.9 Å². The molecule has 2 amide bonds. The topological polar surface area (TPSA) is 112 Å². The molecule has 4 N–H and O–H groups in total. The van der Waals surface area contributed by atoms with E-state index in [0.717, 1.165) is 0 Å². The first-order valence-corrected chi connectivity index (χ1v) is 7.44. The number of rotatable bonds is 4. The smallest absolute Gasteiger partial charge is 0.325 e. The van der Waals surface area contributed by atoms with Gasteiger partial charge in [0.2, 0.25) is 0 Å². The number of carbonyl (C=O) groups is 1. The van der Waals surface area contributed by atoms with Crippen LogP contribution in [0.5, 0.6) is 11.5 Å². The minimum Gasteiger partial charge on any atom is -0.455 e. The summed E-state index contributed by atoms with van der Waals surface area (Å²) < 4.78 is 5.77. The van der Waals surface area contributed by atoms with Crippen LogP contribution in [0.1, 0.15) is 13.8 Å². The van der Waals surface area contributed by atoms with Crippen molar-refractivity contribution in [3.05, 3.63) is 47.0 Å². The van der Waals surface area contributed by atoms with E-state index in [9.17, 15) is 9.59 Å². The highest BCUT2D eigenvalue weighted by Gasteiger charge is 2.08. The lowest BCUT2D eigenvalue weighted by atomic mass is 10.3. The van der Waals surface area contributed by atoms with Gasteiger partial charge in [0.15, 0.2) is 11.4 Å². The zero-order chi connectivity index (χ0) is 17.1. The van der Waals surface area contributed by atoms with Gasteiger partial charge in [-0.25, -0.2) is 14.6 Å². The summed E-state index contributed by atoms with van der Waals surface area (Å²) in [6, 6.07) is 8.36. The normalized spacial score (nSPS) is 10.8. The third-order valence-corrected chi connectivity index (χ3v) is 3.14. The lowest BCUT2D eigenvalue weighted by Gasteiger charge is -2.11. The summed E-state index contributed by atoms with van der Waals surface area (Å²) >= 11 is 0. The van der Waals surface area contributed by atoms with Crippen LogP contribution in [0.4, 0.5) is 10.5 Å². The van der Waals surface area contributed by atoms with E-state index in [1.807, 2.05) is 13.8 Å². The van der Waals surface area contributed by atoms with Gasteiger partial charge < -0.3 is 20.4 Å². The predicted octanol–water partition coefficient (Wildman–Crippen LogP) is 2.57. The van der Waals surface area contributed by atoms with E-state index in [1.54, 1.807) is 36.5 Å². The molecule has 124 valence electrons. The molecule has 0 aliphatic heterocycles. The molecule has 0 spiro atoms. The molecule has 3 aromatic rings. The fourth-order valence-electron chi connectivity index (χ4n) is 2.16. The Balaban J connectivity index is 1.74. The Morgan fingerprint density at radius 2 is 1.92 bits per heavy atom. The van der Waals surface area contributed by atoms with E-state index in [2.05, 4.69) is 25.6 Å². The number of anilines is 1. The first kappa shape index (κ1) is 15.6. The van der Waals surface area contributed by atoms with Gasteiger partial charge in [0.05, 0.1) is 0 Å². The van der Waals surface area contributed by atoms with Crippen LogP contribution >= 0.6 is 0 Å². The molecule has 0 saturated carbocycles. The highest BCUT2D eigenvalue weighted by Crippen LogP contribution is 2.26. The summed E-state index contributed by atoms with van der Waals surface area (Å²) in [5.74, 6) is 1.05. The molecule has 24 heavy (non-hydrogen) atoms.